The van der Waals surface area contributed by atoms with Gasteiger partial charge in [0.05, 0.1) is 12.0 Å². The van der Waals surface area contributed by atoms with Gasteiger partial charge in [-0.25, -0.2) is 0 Å². The molecule has 0 amide bonds. The molecule has 15 heavy (non-hydrogen) atoms. The fourth-order valence-corrected chi connectivity index (χ4v) is 0.579. The summed E-state index contributed by atoms with van der Waals surface area (Å²) in [6.07, 6.45) is 2.34. The number of hydrogen-bond donors (Lipinski definition) is 1. The van der Waals surface area contributed by atoms with Crippen LogP contribution in [-0.2, 0) is 0 Å². The number of halogens is 1. The second-order valence-corrected chi connectivity index (χ2v) is 2.53. The van der Waals surface area contributed by atoms with Gasteiger partial charge in [-0.1, -0.05) is 11.8 Å². The van der Waals surface area contributed by atoms with Crippen molar-refractivity contribution >= 4 is 11.6 Å². The molecular formula is C13H9ClO. The van der Waals surface area contributed by atoms with Gasteiger partial charge in [-0.05, 0) is 54.6 Å². The summed E-state index contributed by atoms with van der Waals surface area (Å²) in [5, 5.41) is 9.00. The van der Waals surface area contributed by atoms with E-state index in [1.165, 1.54) is 12.2 Å². The Morgan fingerprint density at radius 3 is 2.33 bits per heavy atom. The Morgan fingerprint density at radius 2 is 1.73 bits per heavy atom. The Hall–Kier alpha value is -1.77. The first kappa shape index (κ1) is 13.2. The zero-order valence-electron chi connectivity index (χ0n) is 8.26. The van der Waals surface area contributed by atoms with Crippen molar-refractivity contribution in [1.29, 1.82) is 0 Å². The molecule has 0 saturated carbocycles. The van der Waals surface area contributed by atoms with E-state index in [1.807, 2.05) is 0 Å². The Labute approximate surface area is 95.5 Å². The first-order valence-corrected chi connectivity index (χ1v) is 4.67. The van der Waals surface area contributed by atoms with E-state index in [0.29, 0.717) is 0 Å². The fourth-order valence-electron chi connectivity index (χ4n) is 0.476. The van der Waals surface area contributed by atoms with Gasteiger partial charge in [0.15, 0.2) is 0 Å². The summed E-state index contributed by atoms with van der Waals surface area (Å²) in [7, 11) is 0. The third-order valence-corrected chi connectivity index (χ3v) is 1.39. The minimum atomic E-state index is -0.659. The molecule has 0 saturated heterocycles. The van der Waals surface area contributed by atoms with Gasteiger partial charge in [0.2, 0.25) is 0 Å². The van der Waals surface area contributed by atoms with Crippen LogP contribution in [0, 0.1) is 47.4 Å². The first-order valence-electron chi connectivity index (χ1n) is 4.14. The van der Waals surface area contributed by atoms with E-state index in [1.54, 1.807) is 6.92 Å². The molecule has 0 radical (unpaired) electrons. The van der Waals surface area contributed by atoms with E-state index >= 15 is 0 Å². The molecule has 1 atom stereocenters. The van der Waals surface area contributed by atoms with E-state index in [9.17, 15) is 0 Å². The molecule has 0 aromatic rings. The van der Waals surface area contributed by atoms with Gasteiger partial charge in [0.25, 0.3) is 0 Å². The van der Waals surface area contributed by atoms with Crippen molar-refractivity contribution in [3.63, 3.8) is 0 Å². The molecule has 0 spiro atoms. The molecule has 1 unspecified atom stereocenters. The highest BCUT2D eigenvalue weighted by molar-refractivity contribution is 6.18. The highest BCUT2D eigenvalue weighted by Crippen LogP contribution is 1.87. The highest BCUT2D eigenvalue weighted by Gasteiger charge is 1.90. The maximum atomic E-state index is 9.00. The smallest absolute Gasteiger partial charge is 0.0865 e. The van der Waals surface area contributed by atoms with Crippen LogP contribution in [0.4, 0.5) is 0 Å². The number of hydrogen-bond acceptors (Lipinski definition) is 1. The Balaban J connectivity index is 4.05. The van der Waals surface area contributed by atoms with Crippen LogP contribution in [0.3, 0.4) is 0 Å². The van der Waals surface area contributed by atoms with Crippen LogP contribution in [0.5, 0.6) is 0 Å². The topological polar surface area (TPSA) is 20.2 Å². The Morgan fingerprint density at radius 1 is 1.13 bits per heavy atom. The monoisotopic (exact) mass is 216 g/mol. The molecular weight excluding hydrogens is 208 g/mol. The summed E-state index contributed by atoms with van der Waals surface area (Å²) in [5.74, 6) is 20.6. The van der Waals surface area contributed by atoms with Crippen molar-refractivity contribution < 1.29 is 5.11 Å². The van der Waals surface area contributed by atoms with Crippen molar-refractivity contribution in [3.8, 4) is 47.4 Å². The lowest BCUT2D eigenvalue weighted by Gasteiger charge is -1.93. The molecule has 0 aromatic carbocycles. The number of aliphatic hydroxyl groups is 1. The number of aliphatic hydroxyl groups excluding tert-OH is 1. The zero-order valence-corrected chi connectivity index (χ0v) is 9.02. The normalized spacial score (nSPS) is 9.27. The van der Waals surface area contributed by atoms with E-state index in [2.05, 4.69) is 47.4 Å². The van der Waals surface area contributed by atoms with E-state index in [-0.39, 0.29) is 5.88 Å². The Bertz CT molecular complexity index is 444. The molecule has 0 bridgehead atoms. The van der Waals surface area contributed by atoms with Crippen LogP contribution < -0.4 is 0 Å². The predicted octanol–water partition coefficient (Wildman–Crippen LogP) is 1.18. The summed E-state index contributed by atoms with van der Waals surface area (Å²) in [4.78, 5) is 0. The van der Waals surface area contributed by atoms with Crippen LogP contribution in [0.1, 0.15) is 6.92 Å². The van der Waals surface area contributed by atoms with Crippen molar-refractivity contribution in [2.45, 2.75) is 13.0 Å². The lowest BCUT2D eigenvalue weighted by Crippen LogP contribution is -2.01. The van der Waals surface area contributed by atoms with Crippen LogP contribution in [0.15, 0.2) is 12.2 Å². The minimum absolute atomic E-state index is 0.158. The molecule has 0 aliphatic rings. The average molecular weight is 217 g/mol. The minimum Gasteiger partial charge on any atom is -0.388 e. The third kappa shape index (κ3) is 10.1. The molecule has 74 valence electrons. The summed E-state index contributed by atoms with van der Waals surface area (Å²) < 4.78 is 0. The molecule has 0 aromatic heterocycles. The van der Waals surface area contributed by atoms with Crippen LogP contribution in [0.25, 0.3) is 0 Å². The number of alkyl halides is 1. The van der Waals surface area contributed by atoms with Crippen LogP contribution >= 0.6 is 11.6 Å². The van der Waals surface area contributed by atoms with Crippen LogP contribution in [0.2, 0.25) is 0 Å². The molecule has 0 fully saturated rings. The standard InChI is InChI=1S/C13H9ClO/c1-2-3-4-5-6-7-8-9-10-11-13(15)12-14/h10-11,13,15H,12H2,1H3. The summed E-state index contributed by atoms with van der Waals surface area (Å²) in [5.41, 5.74) is 0. The lowest BCUT2D eigenvalue weighted by molar-refractivity contribution is 0.247. The number of rotatable bonds is 2. The van der Waals surface area contributed by atoms with Gasteiger partial charge in [-0.2, -0.15) is 0 Å². The SMILES string of the molecule is CC#CC#CC#CC#CC=CC(O)CCl. The van der Waals surface area contributed by atoms with E-state index < -0.39 is 6.10 Å². The van der Waals surface area contributed by atoms with Gasteiger partial charge in [-0.3, -0.25) is 0 Å². The molecule has 0 rings (SSSR count). The second kappa shape index (κ2) is 10.3. The van der Waals surface area contributed by atoms with Crippen molar-refractivity contribution in [2.75, 3.05) is 5.88 Å². The van der Waals surface area contributed by atoms with Crippen molar-refractivity contribution in [1.82, 2.24) is 0 Å². The van der Waals surface area contributed by atoms with Crippen molar-refractivity contribution in [2.24, 2.45) is 0 Å². The molecule has 2 heteroatoms. The quantitative estimate of drug-likeness (QED) is 0.543. The lowest BCUT2D eigenvalue weighted by atomic mass is 10.3. The largest absolute Gasteiger partial charge is 0.388 e. The first-order chi connectivity index (χ1) is 7.31. The highest BCUT2D eigenvalue weighted by atomic mass is 35.5. The molecule has 0 aliphatic carbocycles. The predicted molar refractivity (Wildman–Crippen MR) is 62.6 cm³/mol. The van der Waals surface area contributed by atoms with Crippen LogP contribution in [-0.4, -0.2) is 17.1 Å². The average Bonchev–Trinajstić information content (AvgIpc) is 2.26. The summed E-state index contributed by atoms with van der Waals surface area (Å²) >= 11 is 5.35. The van der Waals surface area contributed by atoms with Gasteiger partial charge in [0, 0.05) is 0 Å². The molecule has 1 N–H and O–H groups in total. The summed E-state index contributed by atoms with van der Waals surface area (Å²) in [6, 6.07) is 0. The number of allylic oxidation sites excluding steroid dienone is 1. The third-order valence-electron chi connectivity index (χ3n) is 1.07. The summed E-state index contributed by atoms with van der Waals surface area (Å²) in [6.45, 7) is 1.70. The maximum absolute atomic E-state index is 9.00. The van der Waals surface area contributed by atoms with Gasteiger partial charge in [-0.15, -0.1) is 11.6 Å². The fraction of sp³-hybridized carbons (Fsp3) is 0.231. The maximum Gasteiger partial charge on any atom is 0.0865 e. The Kier molecular flexibility index (Phi) is 9.09. The second-order valence-electron chi connectivity index (χ2n) is 2.23. The van der Waals surface area contributed by atoms with Gasteiger partial charge < -0.3 is 5.11 Å². The molecule has 0 aliphatic heterocycles. The van der Waals surface area contributed by atoms with Crippen molar-refractivity contribution in [3.05, 3.63) is 12.2 Å². The molecule has 1 nitrogen and oxygen atoms in total. The zero-order chi connectivity index (χ0) is 11.4. The van der Waals surface area contributed by atoms with E-state index in [0.717, 1.165) is 0 Å². The van der Waals surface area contributed by atoms with Gasteiger partial charge in [0.1, 0.15) is 0 Å². The molecule has 0 heterocycles. The van der Waals surface area contributed by atoms with E-state index in [4.69, 9.17) is 16.7 Å². The van der Waals surface area contributed by atoms with Gasteiger partial charge >= 0.3 is 0 Å².